The molecule has 0 spiro atoms. The number of benzene rings is 1. The van der Waals surface area contributed by atoms with Crippen LogP contribution in [0.3, 0.4) is 0 Å². The minimum absolute atomic E-state index is 0.00850. The van der Waals surface area contributed by atoms with Crippen LogP contribution in [0.4, 0.5) is 0 Å². The molecule has 3 rings (SSSR count). The minimum Gasteiger partial charge on any atom is -0.486 e. The van der Waals surface area contributed by atoms with Crippen molar-refractivity contribution < 1.29 is 14.3 Å². The number of carbonyl (C=O) groups excluding carboxylic acids is 1. The molecule has 0 atom stereocenters. The summed E-state index contributed by atoms with van der Waals surface area (Å²) in [6.45, 7) is 5.01. The topological polar surface area (TPSA) is 40.5 Å². The van der Waals surface area contributed by atoms with Crippen LogP contribution in [0, 0.1) is 13.8 Å². The molecule has 110 valence electrons. The van der Waals surface area contributed by atoms with Crippen molar-refractivity contribution >= 4 is 17.4 Å². The van der Waals surface area contributed by atoms with Gasteiger partial charge in [-0.05, 0) is 32.0 Å². The lowest BCUT2D eigenvalue weighted by atomic mass is 10.2. The number of alkyl halides is 1. The number of ether oxygens (including phenoxy) is 2. The fraction of sp³-hybridized carbons (Fsp3) is 0.312. The molecule has 21 heavy (non-hydrogen) atoms. The first-order valence-corrected chi connectivity index (χ1v) is 7.33. The monoisotopic (exact) mass is 305 g/mol. The van der Waals surface area contributed by atoms with Gasteiger partial charge in [-0.2, -0.15) is 0 Å². The molecule has 2 aromatic rings. The van der Waals surface area contributed by atoms with Gasteiger partial charge < -0.3 is 14.0 Å². The van der Waals surface area contributed by atoms with E-state index in [-0.39, 0.29) is 11.7 Å². The van der Waals surface area contributed by atoms with Crippen LogP contribution >= 0.6 is 11.6 Å². The van der Waals surface area contributed by atoms with Gasteiger partial charge in [0, 0.05) is 28.7 Å². The Bertz CT molecular complexity index is 706. The van der Waals surface area contributed by atoms with Crippen LogP contribution in [0.15, 0.2) is 24.3 Å². The third-order valence-electron chi connectivity index (χ3n) is 3.64. The maximum Gasteiger partial charge on any atom is 0.179 e. The van der Waals surface area contributed by atoms with E-state index in [9.17, 15) is 4.79 Å². The van der Waals surface area contributed by atoms with Crippen LogP contribution in [0.5, 0.6) is 11.5 Å². The lowest BCUT2D eigenvalue weighted by Gasteiger charge is -2.20. The Balaban J connectivity index is 2.08. The Labute approximate surface area is 128 Å². The van der Waals surface area contributed by atoms with Gasteiger partial charge in [-0.15, -0.1) is 11.6 Å². The third-order valence-corrected chi connectivity index (χ3v) is 3.88. The molecule has 0 bridgehead atoms. The van der Waals surface area contributed by atoms with Crippen molar-refractivity contribution in [3.8, 4) is 17.2 Å². The fourth-order valence-corrected chi connectivity index (χ4v) is 2.83. The molecule has 0 amide bonds. The number of Topliss-reactive ketones (excluding diaryl/α,β-unsaturated/α-hetero) is 1. The molecule has 1 aromatic heterocycles. The molecule has 2 heterocycles. The van der Waals surface area contributed by atoms with E-state index in [0.29, 0.717) is 18.8 Å². The van der Waals surface area contributed by atoms with Crippen molar-refractivity contribution in [1.29, 1.82) is 0 Å². The SMILES string of the molecule is Cc1cc(C(=O)CCl)c(C)n1-c1ccc2c(c1)OCCO2. The number of carbonyl (C=O) groups is 1. The van der Waals surface area contributed by atoms with Crippen molar-refractivity contribution in [1.82, 2.24) is 4.57 Å². The summed E-state index contributed by atoms with van der Waals surface area (Å²) in [6.07, 6.45) is 0. The minimum atomic E-state index is -0.0615. The standard InChI is InChI=1S/C16H16ClNO3/c1-10-7-13(14(19)9-17)11(2)18(10)12-3-4-15-16(8-12)21-6-5-20-15/h3-4,7-8H,5-6,9H2,1-2H3. The number of aryl methyl sites for hydroxylation is 1. The van der Waals surface area contributed by atoms with E-state index in [0.717, 1.165) is 28.6 Å². The Morgan fingerprint density at radius 1 is 1.19 bits per heavy atom. The van der Waals surface area contributed by atoms with Gasteiger partial charge in [0.15, 0.2) is 17.3 Å². The number of hydrogen-bond acceptors (Lipinski definition) is 3. The quantitative estimate of drug-likeness (QED) is 0.645. The number of hydrogen-bond donors (Lipinski definition) is 0. The molecular weight excluding hydrogens is 290 g/mol. The van der Waals surface area contributed by atoms with Gasteiger partial charge in [-0.3, -0.25) is 4.79 Å². The Hall–Kier alpha value is -1.94. The van der Waals surface area contributed by atoms with Crippen molar-refractivity contribution in [2.75, 3.05) is 19.1 Å². The summed E-state index contributed by atoms with van der Waals surface area (Å²) in [6, 6.07) is 7.66. The number of halogens is 1. The Morgan fingerprint density at radius 2 is 1.90 bits per heavy atom. The Morgan fingerprint density at radius 3 is 2.62 bits per heavy atom. The molecule has 0 saturated carbocycles. The van der Waals surface area contributed by atoms with Crippen LogP contribution in [0.2, 0.25) is 0 Å². The largest absolute Gasteiger partial charge is 0.486 e. The fourth-order valence-electron chi connectivity index (χ4n) is 2.69. The van der Waals surface area contributed by atoms with E-state index in [2.05, 4.69) is 0 Å². The number of nitrogens with zero attached hydrogens (tertiary/aromatic N) is 1. The maximum absolute atomic E-state index is 11.9. The lowest BCUT2D eigenvalue weighted by Crippen LogP contribution is -2.15. The van der Waals surface area contributed by atoms with Crippen LogP contribution < -0.4 is 9.47 Å². The molecule has 4 nitrogen and oxygen atoms in total. The number of rotatable bonds is 3. The number of fused-ring (bicyclic) bond motifs is 1. The molecule has 0 saturated heterocycles. The molecule has 1 aromatic carbocycles. The second-order valence-corrected chi connectivity index (χ2v) is 5.27. The van der Waals surface area contributed by atoms with Crippen LogP contribution in [0.1, 0.15) is 21.7 Å². The zero-order chi connectivity index (χ0) is 15.0. The van der Waals surface area contributed by atoms with E-state index in [1.54, 1.807) is 0 Å². The van der Waals surface area contributed by atoms with E-state index < -0.39 is 0 Å². The zero-order valence-electron chi connectivity index (χ0n) is 12.0. The molecule has 1 aliphatic heterocycles. The van der Waals surface area contributed by atoms with E-state index in [1.807, 2.05) is 42.7 Å². The smallest absolute Gasteiger partial charge is 0.179 e. The van der Waals surface area contributed by atoms with Gasteiger partial charge in [-0.25, -0.2) is 0 Å². The van der Waals surface area contributed by atoms with Gasteiger partial charge in [-0.1, -0.05) is 0 Å². The molecule has 0 aliphatic carbocycles. The van der Waals surface area contributed by atoms with E-state index >= 15 is 0 Å². The summed E-state index contributed by atoms with van der Waals surface area (Å²) in [5.74, 6) is 1.42. The molecule has 0 N–H and O–H groups in total. The molecule has 1 aliphatic rings. The highest BCUT2D eigenvalue weighted by molar-refractivity contribution is 6.30. The van der Waals surface area contributed by atoms with Gasteiger partial charge >= 0.3 is 0 Å². The summed E-state index contributed by atoms with van der Waals surface area (Å²) in [7, 11) is 0. The highest BCUT2D eigenvalue weighted by Crippen LogP contribution is 2.33. The van der Waals surface area contributed by atoms with Gasteiger partial charge in [0.25, 0.3) is 0 Å². The van der Waals surface area contributed by atoms with Crippen molar-refractivity contribution in [2.45, 2.75) is 13.8 Å². The first-order valence-electron chi connectivity index (χ1n) is 6.80. The molecule has 0 unspecified atom stereocenters. The zero-order valence-corrected chi connectivity index (χ0v) is 12.7. The second-order valence-electron chi connectivity index (χ2n) is 5.00. The highest BCUT2D eigenvalue weighted by atomic mass is 35.5. The second kappa shape index (κ2) is 5.45. The molecule has 0 radical (unpaired) electrons. The van der Waals surface area contributed by atoms with Crippen LogP contribution in [-0.4, -0.2) is 29.4 Å². The first kappa shape index (κ1) is 14.0. The molecular formula is C16H16ClNO3. The molecule has 0 fully saturated rings. The van der Waals surface area contributed by atoms with Crippen LogP contribution in [-0.2, 0) is 0 Å². The predicted octanol–water partition coefficient (Wildman–Crippen LogP) is 3.29. The van der Waals surface area contributed by atoms with E-state index in [4.69, 9.17) is 21.1 Å². The lowest BCUT2D eigenvalue weighted by molar-refractivity contribution is 0.102. The van der Waals surface area contributed by atoms with Crippen molar-refractivity contribution in [2.24, 2.45) is 0 Å². The molecule has 5 heteroatoms. The summed E-state index contributed by atoms with van der Waals surface area (Å²) in [4.78, 5) is 11.9. The first-order chi connectivity index (χ1) is 10.1. The summed E-state index contributed by atoms with van der Waals surface area (Å²) < 4.78 is 13.2. The number of aromatic nitrogens is 1. The summed E-state index contributed by atoms with van der Waals surface area (Å²) >= 11 is 5.67. The van der Waals surface area contributed by atoms with Gasteiger partial charge in [0.1, 0.15) is 13.2 Å². The van der Waals surface area contributed by atoms with E-state index in [1.165, 1.54) is 0 Å². The summed E-state index contributed by atoms with van der Waals surface area (Å²) in [5, 5.41) is 0. The Kier molecular flexibility index (Phi) is 3.64. The van der Waals surface area contributed by atoms with Gasteiger partial charge in [0.2, 0.25) is 0 Å². The van der Waals surface area contributed by atoms with Crippen LogP contribution in [0.25, 0.3) is 5.69 Å². The average molecular weight is 306 g/mol. The average Bonchev–Trinajstić information content (AvgIpc) is 2.81. The predicted molar refractivity (Wildman–Crippen MR) is 81.3 cm³/mol. The van der Waals surface area contributed by atoms with Crippen molar-refractivity contribution in [3.63, 3.8) is 0 Å². The summed E-state index contributed by atoms with van der Waals surface area (Å²) in [5.41, 5.74) is 3.48. The number of ketones is 1. The third kappa shape index (κ3) is 2.40. The van der Waals surface area contributed by atoms with Gasteiger partial charge in [0.05, 0.1) is 5.88 Å². The normalized spacial score (nSPS) is 13.3. The maximum atomic E-state index is 11.9. The highest BCUT2D eigenvalue weighted by Gasteiger charge is 2.18. The van der Waals surface area contributed by atoms with Crippen molar-refractivity contribution in [3.05, 3.63) is 41.2 Å².